The van der Waals surface area contributed by atoms with Gasteiger partial charge < -0.3 is 9.73 Å². The summed E-state index contributed by atoms with van der Waals surface area (Å²) in [6.07, 6.45) is 0.505. The Bertz CT molecular complexity index is 867. The lowest BCUT2D eigenvalue weighted by molar-refractivity contribution is -0.116. The number of benzene rings is 2. The number of amides is 1. The Morgan fingerprint density at radius 1 is 1.04 bits per heavy atom. The lowest BCUT2D eigenvalue weighted by Gasteiger charge is -2.07. The summed E-state index contributed by atoms with van der Waals surface area (Å²) >= 11 is 0. The number of nitrogens with one attached hydrogen (secondary N) is 1. The van der Waals surface area contributed by atoms with Gasteiger partial charge in [-0.15, -0.1) is 10.2 Å². The maximum atomic E-state index is 11.8. The van der Waals surface area contributed by atoms with Crippen LogP contribution in [0, 0.1) is 12.8 Å². The highest BCUT2D eigenvalue weighted by Crippen LogP contribution is 2.26. The van der Waals surface area contributed by atoms with Crippen LogP contribution < -0.4 is 5.32 Å². The Balaban J connectivity index is 1.75. The van der Waals surface area contributed by atoms with E-state index in [2.05, 4.69) is 15.5 Å². The Hall–Kier alpha value is -2.95. The van der Waals surface area contributed by atoms with Crippen LogP contribution in [0.2, 0.25) is 0 Å². The van der Waals surface area contributed by atoms with Crippen molar-refractivity contribution in [2.24, 2.45) is 5.92 Å². The van der Waals surface area contributed by atoms with E-state index in [1.807, 2.05) is 69.3 Å². The van der Waals surface area contributed by atoms with Gasteiger partial charge in [0.1, 0.15) is 0 Å². The number of carbonyl (C=O) groups excluding carboxylic acids is 1. The Morgan fingerprint density at radius 2 is 1.72 bits per heavy atom. The van der Waals surface area contributed by atoms with Crippen LogP contribution in [0.1, 0.15) is 25.8 Å². The molecule has 0 spiro atoms. The normalized spacial score (nSPS) is 10.9. The molecular weight excluding hydrogens is 314 g/mol. The van der Waals surface area contributed by atoms with Crippen molar-refractivity contribution in [3.63, 3.8) is 0 Å². The van der Waals surface area contributed by atoms with Crippen LogP contribution in [0.25, 0.3) is 22.9 Å². The highest BCUT2D eigenvalue weighted by atomic mass is 16.4. The molecule has 5 heteroatoms. The average molecular weight is 335 g/mol. The van der Waals surface area contributed by atoms with E-state index < -0.39 is 0 Å². The fourth-order valence-electron chi connectivity index (χ4n) is 2.54. The monoisotopic (exact) mass is 335 g/mol. The minimum absolute atomic E-state index is 0.0161. The van der Waals surface area contributed by atoms with Crippen LogP contribution in [-0.2, 0) is 4.79 Å². The van der Waals surface area contributed by atoms with Crippen LogP contribution in [-0.4, -0.2) is 16.1 Å². The zero-order valence-corrected chi connectivity index (χ0v) is 14.6. The molecule has 1 aromatic heterocycles. The van der Waals surface area contributed by atoms with Gasteiger partial charge in [0.15, 0.2) is 0 Å². The first-order valence-corrected chi connectivity index (χ1v) is 8.32. The molecule has 2 aromatic carbocycles. The smallest absolute Gasteiger partial charge is 0.248 e. The Kier molecular flexibility index (Phi) is 4.93. The van der Waals surface area contributed by atoms with E-state index in [0.717, 1.165) is 22.4 Å². The molecule has 0 radical (unpaired) electrons. The van der Waals surface area contributed by atoms with Crippen molar-refractivity contribution >= 4 is 11.6 Å². The third-order valence-electron chi connectivity index (χ3n) is 3.81. The first kappa shape index (κ1) is 16.9. The van der Waals surface area contributed by atoms with Gasteiger partial charge in [-0.3, -0.25) is 4.79 Å². The predicted octanol–water partition coefficient (Wildman–Crippen LogP) is 4.70. The van der Waals surface area contributed by atoms with Gasteiger partial charge in [0.05, 0.1) is 0 Å². The summed E-state index contributed by atoms with van der Waals surface area (Å²) < 4.78 is 5.80. The summed E-state index contributed by atoms with van der Waals surface area (Å²) in [7, 11) is 0. The Morgan fingerprint density at radius 3 is 2.40 bits per heavy atom. The molecule has 0 unspecified atom stereocenters. The molecule has 1 N–H and O–H groups in total. The largest absolute Gasteiger partial charge is 0.416 e. The van der Waals surface area contributed by atoms with E-state index in [-0.39, 0.29) is 5.91 Å². The zero-order valence-electron chi connectivity index (χ0n) is 14.6. The van der Waals surface area contributed by atoms with Crippen LogP contribution >= 0.6 is 0 Å². The molecule has 0 saturated carbocycles. The van der Waals surface area contributed by atoms with Crippen LogP contribution in [0.3, 0.4) is 0 Å². The zero-order chi connectivity index (χ0) is 17.8. The number of aromatic nitrogens is 2. The van der Waals surface area contributed by atoms with E-state index >= 15 is 0 Å². The topological polar surface area (TPSA) is 68.0 Å². The van der Waals surface area contributed by atoms with Gasteiger partial charge in [0.25, 0.3) is 0 Å². The molecule has 25 heavy (non-hydrogen) atoms. The fraction of sp³-hybridized carbons (Fsp3) is 0.250. The van der Waals surface area contributed by atoms with E-state index in [9.17, 15) is 4.79 Å². The van der Waals surface area contributed by atoms with Gasteiger partial charge in [0.2, 0.25) is 17.7 Å². The van der Waals surface area contributed by atoms with Crippen molar-refractivity contribution in [3.05, 3.63) is 54.1 Å². The molecule has 1 heterocycles. The van der Waals surface area contributed by atoms with Crippen LogP contribution in [0.5, 0.6) is 0 Å². The van der Waals surface area contributed by atoms with Crippen LogP contribution in [0.15, 0.2) is 52.9 Å². The second-order valence-electron chi connectivity index (χ2n) is 6.45. The molecular formula is C20H21N3O2. The van der Waals surface area contributed by atoms with E-state index in [0.29, 0.717) is 24.1 Å². The molecule has 5 nitrogen and oxygen atoms in total. The second-order valence-corrected chi connectivity index (χ2v) is 6.45. The minimum Gasteiger partial charge on any atom is -0.416 e. The highest BCUT2D eigenvalue weighted by molar-refractivity contribution is 5.91. The molecule has 0 aliphatic heterocycles. The molecule has 0 bridgehead atoms. The number of aryl methyl sites for hydroxylation is 1. The SMILES string of the molecule is Cc1ccccc1-c1nnc(-c2ccc(NC(=O)CC(C)C)cc2)o1. The van der Waals surface area contributed by atoms with Crippen molar-refractivity contribution in [2.45, 2.75) is 27.2 Å². The molecule has 128 valence electrons. The number of nitrogens with zero attached hydrogens (tertiary/aromatic N) is 2. The van der Waals surface area contributed by atoms with Gasteiger partial charge in [-0.1, -0.05) is 32.0 Å². The van der Waals surface area contributed by atoms with Gasteiger partial charge in [-0.2, -0.15) is 0 Å². The molecule has 3 aromatic rings. The maximum Gasteiger partial charge on any atom is 0.248 e. The van der Waals surface area contributed by atoms with E-state index in [1.54, 1.807) is 0 Å². The van der Waals surface area contributed by atoms with E-state index in [1.165, 1.54) is 0 Å². The summed E-state index contributed by atoms with van der Waals surface area (Å²) in [5.41, 5.74) is 3.59. The average Bonchev–Trinajstić information content (AvgIpc) is 3.05. The van der Waals surface area contributed by atoms with Gasteiger partial charge in [0, 0.05) is 23.2 Å². The Labute approximate surface area is 147 Å². The summed E-state index contributed by atoms with van der Waals surface area (Å²) in [6, 6.07) is 15.3. The molecule has 0 fully saturated rings. The number of hydrogen-bond acceptors (Lipinski definition) is 4. The first-order chi connectivity index (χ1) is 12.0. The minimum atomic E-state index is 0.0161. The van der Waals surface area contributed by atoms with Gasteiger partial charge >= 0.3 is 0 Å². The van der Waals surface area contributed by atoms with Crippen molar-refractivity contribution in [1.29, 1.82) is 0 Å². The van der Waals surface area contributed by atoms with Gasteiger partial charge in [-0.05, 0) is 48.7 Å². The van der Waals surface area contributed by atoms with Crippen molar-refractivity contribution in [1.82, 2.24) is 10.2 Å². The molecule has 0 aliphatic rings. The standard InChI is InChI=1S/C20H21N3O2/c1-13(2)12-18(24)21-16-10-8-15(9-11-16)19-22-23-20(25-19)17-7-5-4-6-14(17)3/h4-11,13H,12H2,1-3H3,(H,21,24). The summed E-state index contributed by atoms with van der Waals surface area (Å²) in [4.78, 5) is 11.8. The third kappa shape index (κ3) is 4.12. The van der Waals surface area contributed by atoms with Crippen molar-refractivity contribution < 1.29 is 9.21 Å². The summed E-state index contributed by atoms with van der Waals surface area (Å²) in [5, 5.41) is 11.2. The van der Waals surface area contributed by atoms with Crippen molar-refractivity contribution in [2.75, 3.05) is 5.32 Å². The number of rotatable bonds is 5. The molecule has 0 saturated heterocycles. The second kappa shape index (κ2) is 7.30. The first-order valence-electron chi connectivity index (χ1n) is 8.32. The molecule has 3 rings (SSSR count). The third-order valence-corrected chi connectivity index (χ3v) is 3.81. The van der Waals surface area contributed by atoms with Crippen molar-refractivity contribution in [3.8, 4) is 22.9 Å². The number of hydrogen-bond donors (Lipinski definition) is 1. The summed E-state index contributed by atoms with van der Waals surface area (Å²) in [6.45, 7) is 6.04. The fourth-order valence-corrected chi connectivity index (χ4v) is 2.54. The lowest BCUT2D eigenvalue weighted by atomic mass is 10.1. The number of carbonyl (C=O) groups is 1. The number of anilines is 1. The molecule has 0 atom stereocenters. The van der Waals surface area contributed by atoms with Crippen LogP contribution in [0.4, 0.5) is 5.69 Å². The lowest BCUT2D eigenvalue weighted by Crippen LogP contribution is -2.13. The molecule has 0 aliphatic carbocycles. The predicted molar refractivity (Wildman–Crippen MR) is 98.0 cm³/mol. The quantitative estimate of drug-likeness (QED) is 0.734. The summed E-state index contributed by atoms with van der Waals surface area (Å²) in [5.74, 6) is 1.31. The molecule has 1 amide bonds. The highest BCUT2D eigenvalue weighted by Gasteiger charge is 2.12. The van der Waals surface area contributed by atoms with E-state index in [4.69, 9.17) is 4.42 Å². The van der Waals surface area contributed by atoms with Gasteiger partial charge in [-0.25, -0.2) is 0 Å². The maximum absolute atomic E-state index is 11.8.